The Hall–Kier alpha value is -2.90. The zero-order valence-electron chi connectivity index (χ0n) is 14.3. The van der Waals surface area contributed by atoms with Gasteiger partial charge in [-0.2, -0.15) is 0 Å². The Morgan fingerprint density at radius 2 is 1.96 bits per heavy atom. The highest BCUT2D eigenvalue weighted by Crippen LogP contribution is 2.25. The van der Waals surface area contributed by atoms with Crippen molar-refractivity contribution < 1.29 is 14.3 Å². The predicted octanol–water partition coefficient (Wildman–Crippen LogP) is 4.23. The Morgan fingerprint density at radius 3 is 2.67 bits per heavy atom. The number of hydrogen-bond acceptors (Lipinski definition) is 6. The number of carbonyl (C=O) groups is 2. The van der Waals surface area contributed by atoms with E-state index >= 15 is 0 Å². The molecule has 8 heteroatoms. The summed E-state index contributed by atoms with van der Waals surface area (Å²) in [5, 5.41) is 5.27. The van der Waals surface area contributed by atoms with Crippen LogP contribution in [0, 0.1) is 0 Å². The van der Waals surface area contributed by atoms with Crippen molar-refractivity contribution in [3.05, 3.63) is 64.5 Å². The van der Waals surface area contributed by atoms with Gasteiger partial charge < -0.3 is 10.5 Å². The minimum Gasteiger partial charge on any atom is -0.449 e. The van der Waals surface area contributed by atoms with Gasteiger partial charge in [-0.05, 0) is 25.1 Å². The largest absolute Gasteiger partial charge is 0.449 e. The minimum absolute atomic E-state index is 0.220. The van der Waals surface area contributed by atoms with Crippen molar-refractivity contribution in [3.63, 3.8) is 0 Å². The third kappa shape index (κ3) is 4.64. The van der Waals surface area contributed by atoms with Gasteiger partial charge in [-0.3, -0.25) is 10.1 Å². The molecule has 0 radical (unpaired) electrons. The molecule has 0 bridgehead atoms. The number of ether oxygens (including phenoxy) is 1. The predicted molar refractivity (Wildman–Crippen MR) is 107 cm³/mol. The van der Waals surface area contributed by atoms with Crippen molar-refractivity contribution in [3.8, 4) is 11.3 Å². The van der Waals surface area contributed by atoms with Gasteiger partial charge in [0.05, 0.1) is 22.0 Å². The average molecular weight is 402 g/mol. The SMILES string of the molecule is CC(OC(=O)c1ccc(Cl)c(N)c1)C(=O)Nc1nc(-c2ccccc2)cs1. The van der Waals surface area contributed by atoms with Crippen molar-refractivity contribution in [2.75, 3.05) is 11.1 Å². The molecule has 6 nitrogen and oxygen atoms in total. The number of aromatic nitrogens is 1. The maximum atomic E-state index is 12.3. The summed E-state index contributed by atoms with van der Waals surface area (Å²) in [7, 11) is 0. The first-order valence-electron chi connectivity index (χ1n) is 8.02. The van der Waals surface area contributed by atoms with Crippen molar-refractivity contribution in [1.29, 1.82) is 0 Å². The molecule has 1 aromatic heterocycles. The molecule has 3 rings (SSSR count). The number of nitrogens with two attached hydrogens (primary N) is 1. The van der Waals surface area contributed by atoms with Crippen LogP contribution in [-0.2, 0) is 9.53 Å². The molecule has 1 atom stereocenters. The van der Waals surface area contributed by atoms with Crippen molar-refractivity contribution >= 4 is 45.6 Å². The maximum Gasteiger partial charge on any atom is 0.338 e. The highest BCUT2D eigenvalue weighted by molar-refractivity contribution is 7.14. The van der Waals surface area contributed by atoms with E-state index in [-0.39, 0.29) is 11.3 Å². The molecule has 1 heterocycles. The zero-order valence-corrected chi connectivity index (χ0v) is 15.9. The van der Waals surface area contributed by atoms with Gasteiger partial charge in [0.25, 0.3) is 5.91 Å². The monoisotopic (exact) mass is 401 g/mol. The van der Waals surface area contributed by atoms with Crippen LogP contribution < -0.4 is 11.1 Å². The van der Waals surface area contributed by atoms with E-state index in [1.54, 1.807) is 0 Å². The molecule has 0 aliphatic carbocycles. The van der Waals surface area contributed by atoms with Gasteiger partial charge in [0.15, 0.2) is 11.2 Å². The number of amides is 1. The minimum atomic E-state index is -1.00. The zero-order chi connectivity index (χ0) is 19.4. The van der Waals surface area contributed by atoms with Gasteiger partial charge in [0.1, 0.15) is 0 Å². The van der Waals surface area contributed by atoms with Crippen molar-refractivity contribution in [2.24, 2.45) is 0 Å². The van der Waals surface area contributed by atoms with Crippen LogP contribution in [-0.4, -0.2) is 23.0 Å². The summed E-state index contributed by atoms with van der Waals surface area (Å²) < 4.78 is 5.18. The lowest BCUT2D eigenvalue weighted by molar-refractivity contribution is -0.123. The number of benzene rings is 2. The Balaban J connectivity index is 1.61. The summed E-state index contributed by atoms with van der Waals surface area (Å²) in [6, 6.07) is 14.0. The molecule has 0 spiro atoms. The molecule has 2 aromatic carbocycles. The number of nitrogens with one attached hydrogen (secondary N) is 1. The lowest BCUT2D eigenvalue weighted by atomic mass is 10.2. The number of nitrogens with zero attached hydrogens (tertiary/aromatic N) is 1. The van der Waals surface area contributed by atoms with E-state index in [0.29, 0.717) is 10.2 Å². The van der Waals surface area contributed by atoms with Crippen LogP contribution >= 0.6 is 22.9 Å². The number of rotatable bonds is 5. The first kappa shape index (κ1) is 18.9. The molecule has 0 saturated carbocycles. The molecule has 0 aliphatic heterocycles. The number of nitrogen functional groups attached to an aromatic ring is 1. The molecule has 1 unspecified atom stereocenters. The van der Waals surface area contributed by atoms with Gasteiger partial charge in [-0.1, -0.05) is 41.9 Å². The van der Waals surface area contributed by atoms with E-state index in [0.717, 1.165) is 11.3 Å². The first-order chi connectivity index (χ1) is 12.9. The number of esters is 1. The smallest absolute Gasteiger partial charge is 0.338 e. The molecule has 0 saturated heterocycles. The van der Waals surface area contributed by atoms with Crippen LogP contribution in [0.2, 0.25) is 5.02 Å². The molecular weight excluding hydrogens is 386 g/mol. The van der Waals surface area contributed by atoms with Gasteiger partial charge in [0, 0.05) is 10.9 Å². The van der Waals surface area contributed by atoms with Crippen LogP contribution in [0.5, 0.6) is 0 Å². The van der Waals surface area contributed by atoms with E-state index < -0.39 is 18.0 Å². The third-order valence-electron chi connectivity index (χ3n) is 3.69. The molecule has 0 fully saturated rings. The first-order valence-corrected chi connectivity index (χ1v) is 9.27. The van der Waals surface area contributed by atoms with E-state index in [1.807, 2.05) is 35.7 Å². The summed E-state index contributed by atoms with van der Waals surface area (Å²) in [6.45, 7) is 1.48. The number of hydrogen-bond donors (Lipinski definition) is 2. The van der Waals surface area contributed by atoms with E-state index in [1.165, 1.54) is 36.5 Å². The molecule has 3 N–H and O–H groups in total. The third-order valence-corrected chi connectivity index (χ3v) is 4.79. The van der Waals surface area contributed by atoms with Gasteiger partial charge in [0.2, 0.25) is 0 Å². The van der Waals surface area contributed by atoms with Crippen LogP contribution in [0.25, 0.3) is 11.3 Å². The van der Waals surface area contributed by atoms with Crippen molar-refractivity contribution in [2.45, 2.75) is 13.0 Å². The Kier molecular flexibility index (Phi) is 5.73. The lowest BCUT2D eigenvalue weighted by Gasteiger charge is -2.12. The second-order valence-electron chi connectivity index (χ2n) is 5.68. The molecule has 1 amide bonds. The number of carbonyl (C=O) groups excluding carboxylic acids is 2. The van der Waals surface area contributed by atoms with Gasteiger partial charge in [-0.25, -0.2) is 9.78 Å². The highest BCUT2D eigenvalue weighted by Gasteiger charge is 2.20. The normalized spacial score (nSPS) is 11.6. The molecule has 0 aliphatic rings. The fourth-order valence-corrected chi connectivity index (χ4v) is 3.07. The fraction of sp³-hybridized carbons (Fsp3) is 0.105. The highest BCUT2D eigenvalue weighted by atomic mass is 35.5. The molecular formula is C19H16ClN3O3S. The Labute approximate surface area is 164 Å². The van der Waals surface area contributed by atoms with E-state index in [2.05, 4.69) is 10.3 Å². The lowest BCUT2D eigenvalue weighted by Crippen LogP contribution is -2.30. The molecule has 138 valence electrons. The standard InChI is InChI=1S/C19H16ClN3O3S/c1-11(26-18(25)13-7-8-14(20)15(21)9-13)17(24)23-19-22-16(10-27-19)12-5-3-2-4-6-12/h2-11H,21H2,1H3,(H,22,23,24). The van der Waals surface area contributed by atoms with Gasteiger partial charge >= 0.3 is 5.97 Å². The van der Waals surface area contributed by atoms with E-state index in [4.69, 9.17) is 22.1 Å². The van der Waals surface area contributed by atoms with Gasteiger partial charge in [-0.15, -0.1) is 11.3 Å². The topological polar surface area (TPSA) is 94.3 Å². The summed E-state index contributed by atoms with van der Waals surface area (Å²) in [5.74, 6) is -1.13. The second-order valence-corrected chi connectivity index (χ2v) is 6.94. The van der Waals surface area contributed by atoms with Crippen LogP contribution in [0.15, 0.2) is 53.9 Å². The average Bonchev–Trinajstić information content (AvgIpc) is 3.13. The van der Waals surface area contributed by atoms with E-state index in [9.17, 15) is 9.59 Å². The number of halogens is 1. The number of anilines is 2. The Bertz CT molecular complexity index is 975. The number of thiazole rings is 1. The summed E-state index contributed by atoms with van der Waals surface area (Å²) >= 11 is 7.13. The quantitative estimate of drug-likeness (QED) is 0.492. The summed E-state index contributed by atoms with van der Waals surface area (Å²) in [5.41, 5.74) is 7.87. The van der Waals surface area contributed by atoms with Crippen LogP contribution in [0.4, 0.5) is 10.8 Å². The van der Waals surface area contributed by atoms with Crippen LogP contribution in [0.3, 0.4) is 0 Å². The second kappa shape index (κ2) is 8.20. The maximum absolute atomic E-state index is 12.3. The summed E-state index contributed by atoms with van der Waals surface area (Å²) in [4.78, 5) is 28.8. The molecule has 27 heavy (non-hydrogen) atoms. The molecule has 3 aromatic rings. The van der Waals surface area contributed by atoms with Crippen LogP contribution in [0.1, 0.15) is 17.3 Å². The summed E-state index contributed by atoms with van der Waals surface area (Å²) in [6.07, 6.45) is -1.00. The van der Waals surface area contributed by atoms with Crippen molar-refractivity contribution in [1.82, 2.24) is 4.98 Å². The fourth-order valence-electron chi connectivity index (χ4n) is 2.23. The Morgan fingerprint density at radius 1 is 1.22 bits per heavy atom.